The van der Waals surface area contributed by atoms with E-state index in [4.69, 9.17) is 14.2 Å². The zero-order valence-electron chi connectivity index (χ0n) is 22.9. The summed E-state index contributed by atoms with van der Waals surface area (Å²) in [5.41, 5.74) is 3.45. The van der Waals surface area contributed by atoms with Crippen molar-refractivity contribution < 1.29 is 32.1 Å². The highest BCUT2D eigenvalue weighted by molar-refractivity contribution is 5.83. The highest BCUT2D eigenvalue weighted by Gasteiger charge is 2.31. The molecule has 1 aromatic heterocycles. The molecular weight excluding hydrogens is 551 g/mol. The van der Waals surface area contributed by atoms with E-state index in [2.05, 4.69) is 29.9 Å². The Hall–Kier alpha value is -4.84. The zero-order valence-corrected chi connectivity index (χ0v) is 22.9. The van der Waals surface area contributed by atoms with Gasteiger partial charge in [0, 0.05) is 30.7 Å². The van der Waals surface area contributed by atoms with Crippen molar-refractivity contribution in [2.45, 2.75) is 13.3 Å². The van der Waals surface area contributed by atoms with Gasteiger partial charge in [-0.25, -0.2) is 9.98 Å². The molecule has 4 aromatic rings. The SMILES string of the molecule is COc1cc(C)ccc1Oc1nc(Nc2ccc(N3CCOCC3)cc2)ncc1/N=C/c1cccc(OC(F)(F)F)c1. The smallest absolute Gasteiger partial charge is 0.493 e. The average molecular weight is 580 g/mol. The van der Waals surface area contributed by atoms with Crippen molar-refractivity contribution >= 4 is 29.2 Å². The van der Waals surface area contributed by atoms with Crippen molar-refractivity contribution in [2.75, 3.05) is 43.6 Å². The quantitative estimate of drug-likeness (QED) is 0.216. The first-order valence-electron chi connectivity index (χ1n) is 13.0. The average Bonchev–Trinajstić information content (AvgIpc) is 2.98. The van der Waals surface area contributed by atoms with Crippen LogP contribution in [0.5, 0.6) is 23.1 Å². The molecule has 1 aliphatic rings. The second-order valence-electron chi connectivity index (χ2n) is 9.29. The Morgan fingerprint density at radius 2 is 1.79 bits per heavy atom. The van der Waals surface area contributed by atoms with Crippen LogP contribution in [0, 0.1) is 6.92 Å². The largest absolute Gasteiger partial charge is 0.573 e. The summed E-state index contributed by atoms with van der Waals surface area (Å²) < 4.78 is 59.0. The monoisotopic (exact) mass is 579 g/mol. The summed E-state index contributed by atoms with van der Waals surface area (Å²) in [5, 5.41) is 3.18. The number of morpholine rings is 1. The van der Waals surface area contributed by atoms with Gasteiger partial charge in [0.05, 0.1) is 26.5 Å². The summed E-state index contributed by atoms with van der Waals surface area (Å²) in [6.45, 7) is 4.99. The van der Waals surface area contributed by atoms with Gasteiger partial charge in [0.2, 0.25) is 5.95 Å². The molecule has 9 nitrogen and oxygen atoms in total. The molecule has 1 N–H and O–H groups in total. The molecule has 0 aliphatic carbocycles. The lowest BCUT2D eigenvalue weighted by Crippen LogP contribution is -2.36. The van der Waals surface area contributed by atoms with Crippen LogP contribution in [0.3, 0.4) is 0 Å². The lowest BCUT2D eigenvalue weighted by Gasteiger charge is -2.28. The third-order valence-corrected chi connectivity index (χ3v) is 6.21. The summed E-state index contributed by atoms with van der Waals surface area (Å²) in [5.74, 6) is 0.907. The molecule has 0 unspecified atom stereocenters. The second kappa shape index (κ2) is 12.8. The summed E-state index contributed by atoms with van der Waals surface area (Å²) in [6, 6.07) is 18.8. The van der Waals surface area contributed by atoms with E-state index >= 15 is 0 Å². The number of nitrogens with one attached hydrogen (secondary N) is 1. The predicted octanol–water partition coefficient (Wildman–Crippen LogP) is 6.82. The van der Waals surface area contributed by atoms with Crippen LogP contribution in [0.15, 0.2) is 77.9 Å². The normalized spacial score (nSPS) is 13.7. The zero-order chi connectivity index (χ0) is 29.5. The molecular formula is C30H28F3N5O4. The molecule has 1 saturated heterocycles. The molecule has 1 fully saturated rings. The van der Waals surface area contributed by atoms with Gasteiger partial charge in [-0.2, -0.15) is 4.98 Å². The van der Waals surface area contributed by atoms with E-state index in [0.29, 0.717) is 30.3 Å². The van der Waals surface area contributed by atoms with E-state index in [0.717, 1.165) is 30.0 Å². The number of nitrogens with zero attached hydrogens (tertiary/aromatic N) is 4. The van der Waals surface area contributed by atoms with Crippen LogP contribution >= 0.6 is 0 Å². The Balaban J connectivity index is 1.41. The third-order valence-electron chi connectivity index (χ3n) is 6.21. The van der Waals surface area contributed by atoms with E-state index in [1.165, 1.54) is 37.7 Å². The van der Waals surface area contributed by atoms with Crippen molar-refractivity contribution in [1.82, 2.24) is 9.97 Å². The van der Waals surface area contributed by atoms with Crippen LogP contribution in [0.4, 0.5) is 36.2 Å². The minimum Gasteiger partial charge on any atom is -0.493 e. The van der Waals surface area contributed by atoms with Crippen LogP contribution in [-0.4, -0.2) is 56.0 Å². The van der Waals surface area contributed by atoms with Gasteiger partial charge in [0.1, 0.15) is 11.4 Å². The lowest BCUT2D eigenvalue weighted by atomic mass is 10.2. The molecule has 5 rings (SSSR count). The molecule has 0 spiro atoms. The minimum absolute atomic E-state index is 0.110. The number of hydrogen-bond acceptors (Lipinski definition) is 9. The Labute approximate surface area is 240 Å². The van der Waals surface area contributed by atoms with Crippen molar-refractivity contribution in [3.8, 4) is 23.1 Å². The van der Waals surface area contributed by atoms with Gasteiger partial charge in [-0.15, -0.1) is 13.2 Å². The number of methoxy groups -OCH3 is 1. The summed E-state index contributed by atoms with van der Waals surface area (Å²) in [4.78, 5) is 15.6. The Morgan fingerprint density at radius 1 is 1.00 bits per heavy atom. The van der Waals surface area contributed by atoms with E-state index in [1.54, 1.807) is 12.1 Å². The van der Waals surface area contributed by atoms with Crippen LogP contribution in [0.2, 0.25) is 0 Å². The Morgan fingerprint density at radius 3 is 2.52 bits per heavy atom. The number of aromatic nitrogens is 2. The summed E-state index contributed by atoms with van der Waals surface area (Å²) >= 11 is 0. The molecule has 0 saturated carbocycles. The van der Waals surface area contributed by atoms with Gasteiger partial charge in [0.25, 0.3) is 5.88 Å². The maximum atomic E-state index is 12.7. The first kappa shape index (κ1) is 28.7. The van der Waals surface area contributed by atoms with E-state index in [-0.39, 0.29) is 23.3 Å². The summed E-state index contributed by atoms with van der Waals surface area (Å²) in [6.07, 6.45) is -1.97. The third kappa shape index (κ3) is 7.67. The summed E-state index contributed by atoms with van der Waals surface area (Å²) in [7, 11) is 1.53. The van der Waals surface area contributed by atoms with Crippen molar-refractivity contribution in [2.24, 2.45) is 4.99 Å². The number of hydrogen-bond donors (Lipinski definition) is 1. The molecule has 0 bridgehead atoms. The fraction of sp³-hybridized carbons (Fsp3) is 0.233. The number of benzene rings is 3. The second-order valence-corrected chi connectivity index (χ2v) is 9.29. The van der Waals surface area contributed by atoms with Crippen LogP contribution in [0.25, 0.3) is 0 Å². The number of ether oxygens (including phenoxy) is 4. The van der Waals surface area contributed by atoms with Crippen LogP contribution in [-0.2, 0) is 4.74 Å². The molecule has 218 valence electrons. The number of alkyl halides is 3. The number of rotatable bonds is 9. The predicted molar refractivity (Wildman–Crippen MR) is 153 cm³/mol. The van der Waals surface area contributed by atoms with Gasteiger partial charge in [0.15, 0.2) is 11.5 Å². The van der Waals surface area contributed by atoms with Gasteiger partial charge in [-0.05, 0) is 66.6 Å². The highest BCUT2D eigenvalue weighted by atomic mass is 19.4. The van der Waals surface area contributed by atoms with E-state index < -0.39 is 6.36 Å². The van der Waals surface area contributed by atoms with Gasteiger partial charge in [-0.3, -0.25) is 0 Å². The molecule has 2 heterocycles. The van der Waals surface area contributed by atoms with Crippen molar-refractivity contribution in [3.63, 3.8) is 0 Å². The van der Waals surface area contributed by atoms with Gasteiger partial charge in [-0.1, -0.05) is 18.2 Å². The minimum atomic E-state index is -4.80. The molecule has 12 heteroatoms. The maximum Gasteiger partial charge on any atom is 0.573 e. The van der Waals surface area contributed by atoms with Crippen molar-refractivity contribution in [3.05, 3.63) is 84.1 Å². The Bertz CT molecular complexity index is 1540. The number of halogens is 3. The number of anilines is 3. The molecule has 1 aliphatic heterocycles. The molecule has 0 radical (unpaired) electrons. The molecule has 0 atom stereocenters. The van der Waals surface area contributed by atoms with Crippen LogP contribution < -0.4 is 24.4 Å². The molecule has 0 amide bonds. The maximum absolute atomic E-state index is 12.7. The van der Waals surface area contributed by atoms with E-state index in [1.807, 2.05) is 43.3 Å². The molecule has 42 heavy (non-hydrogen) atoms. The fourth-order valence-corrected chi connectivity index (χ4v) is 4.19. The lowest BCUT2D eigenvalue weighted by molar-refractivity contribution is -0.274. The standard InChI is InChI=1S/C30H28F3N5O4/c1-20-6-11-26(27(16-20)39-2)41-28-25(34-18-21-4-3-5-24(17-21)42-30(31,32)33)19-35-29(37-28)36-22-7-9-23(10-8-22)38-12-14-40-15-13-38/h3-11,16-19H,12-15H2,1-2H3,(H,35,36,37)/b34-18+. The van der Waals surface area contributed by atoms with Gasteiger partial charge >= 0.3 is 6.36 Å². The van der Waals surface area contributed by atoms with Crippen molar-refractivity contribution in [1.29, 1.82) is 0 Å². The van der Waals surface area contributed by atoms with E-state index in [9.17, 15) is 13.2 Å². The highest BCUT2D eigenvalue weighted by Crippen LogP contribution is 2.36. The number of aryl methyl sites for hydroxylation is 1. The molecule has 3 aromatic carbocycles. The topological polar surface area (TPSA) is 90.3 Å². The first-order valence-corrected chi connectivity index (χ1v) is 13.0. The fourth-order valence-electron chi connectivity index (χ4n) is 4.19. The number of aliphatic imine (C=N–C) groups is 1. The van der Waals surface area contributed by atoms with Crippen LogP contribution in [0.1, 0.15) is 11.1 Å². The Kier molecular flexibility index (Phi) is 8.72. The first-order chi connectivity index (χ1) is 20.3. The van der Waals surface area contributed by atoms with Gasteiger partial charge < -0.3 is 29.2 Å².